The third-order valence-electron chi connectivity index (χ3n) is 3.70. The molecule has 0 radical (unpaired) electrons. The third-order valence-corrected chi connectivity index (χ3v) is 3.70. The maximum Gasteiger partial charge on any atom is 0.00411 e. The second kappa shape index (κ2) is 13.5. The highest BCUT2D eigenvalue weighted by molar-refractivity contribution is 4.64. The minimum absolute atomic E-state index is 0.650. The van der Waals surface area contributed by atoms with Crippen LogP contribution in [-0.4, -0.2) is 38.3 Å². The van der Waals surface area contributed by atoms with Crippen LogP contribution in [0.3, 0.4) is 0 Å². The van der Waals surface area contributed by atoms with Crippen LogP contribution in [0, 0.1) is 11.8 Å². The molecule has 2 atom stereocenters. The number of nitrogens with one attached hydrogen (secondary N) is 3. The van der Waals surface area contributed by atoms with Crippen LogP contribution in [-0.2, 0) is 0 Å². The fourth-order valence-corrected chi connectivity index (χ4v) is 2.83. The molecule has 0 aliphatic heterocycles. The predicted molar refractivity (Wildman–Crippen MR) is 95.9 cm³/mol. The fourth-order valence-electron chi connectivity index (χ4n) is 2.83. The number of hydrogen-bond acceptors (Lipinski definition) is 3. The molecule has 0 heterocycles. The third kappa shape index (κ3) is 16.1. The lowest BCUT2D eigenvalue weighted by atomic mass is 10.1. The van der Waals surface area contributed by atoms with E-state index in [1.54, 1.807) is 0 Å². The number of rotatable bonds is 14. The molecule has 2 unspecified atom stereocenters. The van der Waals surface area contributed by atoms with Gasteiger partial charge in [0.25, 0.3) is 0 Å². The summed E-state index contributed by atoms with van der Waals surface area (Å²) >= 11 is 0. The Kier molecular flexibility index (Phi) is 13.5. The van der Waals surface area contributed by atoms with Gasteiger partial charge in [-0.3, -0.25) is 0 Å². The van der Waals surface area contributed by atoms with Crippen molar-refractivity contribution in [1.29, 1.82) is 0 Å². The standard InChI is InChI=1S/C18H41N3/c1-15(2)13-17(5)20-11-7-9-19-10-8-12-21-18(6)14-16(3)4/h15-21H,7-14H2,1-6H3. The van der Waals surface area contributed by atoms with Gasteiger partial charge in [0, 0.05) is 12.1 Å². The molecule has 0 aliphatic carbocycles. The van der Waals surface area contributed by atoms with Gasteiger partial charge in [-0.2, -0.15) is 0 Å². The average molecular weight is 300 g/mol. The molecule has 0 amide bonds. The summed E-state index contributed by atoms with van der Waals surface area (Å²) in [6.07, 6.45) is 4.99. The molecular formula is C18H41N3. The second-order valence-electron chi connectivity index (χ2n) is 7.43. The van der Waals surface area contributed by atoms with E-state index in [4.69, 9.17) is 0 Å². The SMILES string of the molecule is CC(C)CC(C)NCCCNCCCNC(C)CC(C)C. The van der Waals surface area contributed by atoms with Crippen LogP contribution in [0.15, 0.2) is 0 Å². The molecule has 3 nitrogen and oxygen atoms in total. The molecular weight excluding hydrogens is 258 g/mol. The van der Waals surface area contributed by atoms with Crippen molar-refractivity contribution in [3.05, 3.63) is 0 Å². The van der Waals surface area contributed by atoms with Crippen LogP contribution >= 0.6 is 0 Å². The van der Waals surface area contributed by atoms with Gasteiger partial charge in [-0.05, 0) is 77.5 Å². The van der Waals surface area contributed by atoms with Gasteiger partial charge >= 0.3 is 0 Å². The lowest BCUT2D eigenvalue weighted by molar-refractivity contribution is 0.429. The summed E-state index contributed by atoms with van der Waals surface area (Å²) in [5.41, 5.74) is 0. The van der Waals surface area contributed by atoms with E-state index in [1.807, 2.05) is 0 Å². The highest BCUT2D eigenvalue weighted by Gasteiger charge is 2.04. The molecule has 0 bridgehead atoms. The first-order valence-corrected chi connectivity index (χ1v) is 9.09. The van der Waals surface area contributed by atoms with E-state index < -0.39 is 0 Å². The molecule has 3 heteroatoms. The Balaban J connectivity index is 3.22. The summed E-state index contributed by atoms with van der Waals surface area (Å²) in [6, 6.07) is 1.30. The summed E-state index contributed by atoms with van der Waals surface area (Å²) in [4.78, 5) is 0. The predicted octanol–water partition coefficient (Wildman–Crippen LogP) is 3.40. The molecule has 0 saturated carbocycles. The maximum absolute atomic E-state index is 3.60. The van der Waals surface area contributed by atoms with Gasteiger partial charge in [0.1, 0.15) is 0 Å². The molecule has 0 aromatic rings. The van der Waals surface area contributed by atoms with Crippen LogP contribution in [0.2, 0.25) is 0 Å². The molecule has 0 fully saturated rings. The minimum atomic E-state index is 0.650. The van der Waals surface area contributed by atoms with Crippen molar-refractivity contribution in [3.8, 4) is 0 Å². The van der Waals surface area contributed by atoms with E-state index in [0.29, 0.717) is 12.1 Å². The van der Waals surface area contributed by atoms with Gasteiger partial charge in [0.2, 0.25) is 0 Å². The van der Waals surface area contributed by atoms with Crippen LogP contribution in [0.1, 0.15) is 67.2 Å². The van der Waals surface area contributed by atoms with E-state index in [1.165, 1.54) is 25.7 Å². The Morgan fingerprint density at radius 1 is 0.571 bits per heavy atom. The highest BCUT2D eigenvalue weighted by atomic mass is 14.9. The van der Waals surface area contributed by atoms with Gasteiger partial charge in [-0.1, -0.05) is 27.7 Å². The fraction of sp³-hybridized carbons (Fsp3) is 1.00. The summed E-state index contributed by atoms with van der Waals surface area (Å²) in [7, 11) is 0. The normalized spacial score (nSPS) is 14.9. The van der Waals surface area contributed by atoms with Crippen molar-refractivity contribution in [3.63, 3.8) is 0 Å². The minimum Gasteiger partial charge on any atom is -0.317 e. The maximum atomic E-state index is 3.60. The molecule has 0 rings (SSSR count). The highest BCUT2D eigenvalue weighted by Crippen LogP contribution is 2.04. The van der Waals surface area contributed by atoms with Gasteiger partial charge in [-0.15, -0.1) is 0 Å². The van der Waals surface area contributed by atoms with E-state index in [-0.39, 0.29) is 0 Å². The van der Waals surface area contributed by atoms with Gasteiger partial charge in [0.05, 0.1) is 0 Å². The Hall–Kier alpha value is -0.120. The first kappa shape index (κ1) is 20.9. The molecule has 0 aromatic carbocycles. The molecule has 0 aromatic heterocycles. The van der Waals surface area contributed by atoms with Crippen LogP contribution in [0.5, 0.6) is 0 Å². The first-order valence-electron chi connectivity index (χ1n) is 9.09. The molecule has 128 valence electrons. The Bertz CT molecular complexity index is 195. The Morgan fingerprint density at radius 2 is 0.952 bits per heavy atom. The zero-order valence-corrected chi connectivity index (χ0v) is 15.5. The number of hydrogen-bond donors (Lipinski definition) is 3. The lowest BCUT2D eigenvalue weighted by Crippen LogP contribution is -2.32. The zero-order chi connectivity index (χ0) is 16.1. The average Bonchev–Trinajstić information content (AvgIpc) is 2.34. The summed E-state index contributed by atoms with van der Waals surface area (Å²) < 4.78 is 0. The Morgan fingerprint density at radius 3 is 1.29 bits per heavy atom. The molecule has 0 spiro atoms. The van der Waals surface area contributed by atoms with Crippen molar-refractivity contribution < 1.29 is 0 Å². The van der Waals surface area contributed by atoms with Crippen molar-refractivity contribution in [2.45, 2.75) is 79.3 Å². The van der Waals surface area contributed by atoms with E-state index in [0.717, 1.165) is 38.0 Å². The lowest BCUT2D eigenvalue weighted by Gasteiger charge is -2.16. The van der Waals surface area contributed by atoms with Crippen molar-refractivity contribution in [1.82, 2.24) is 16.0 Å². The quantitative estimate of drug-likeness (QED) is 0.430. The molecule has 0 saturated heterocycles. The van der Waals surface area contributed by atoms with Crippen LogP contribution in [0.25, 0.3) is 0 Å². The van der Waals surface area contributed by atoms with Crippen molar-refractivity contribution in [2.75, 3.05) is 26.2 Å². The van der Waals surface area contributed by atoms with E-state index in [9.17, 15) is 0 Å². The van der Waals surface area contributed by atoms with Crippen LogP contribution in [0.4, 0.5) is 0 Å². The monoisotopic (exact) mass is 299 g/mol. The van der Waals surface area contributed by atoms with Crippen molar-refractivity contribution in [2.24, 2.45) is 11.8 Å². The topological polar surface area (TPSA) is 36.1 Å². The van der Waals surface area contributed by atoms with Crippen LogP contribution < -0.4 is 16.0 Å². The molecule has 0 aliphatic rings. The largest absolute Gasteiger partial charge is 0.317 e. The summed E-state index contributed by atoms with van der Waals surface area (Å²) in [5, 5.41) is 10.7. The summed E-state index contributed by atoms with van der Waals surface area (Å²) in [6.45, 7) is 18.2. The van der Waals surface area contributed by atoms with Gasteiger partial charge < -0.3 is 16.0 Å². The van der Waals surface area contributed by atoms with Crippen molar-refractivity contribution >= 4 is 0 Å². The summed E-state index contributed by atoms with van der Waals surface area (Å²) in [5.74, 6) is 1.58. The molecule has 21 heavy (non-hydrogen) atoms. The molecule has 3 N–H and O–H groups in total. The zero-order valence-electron chi connectivity index (χ0n) is 15.5. The second-order valence-corrected chi connectivity index (χ2v) is 7.43. The van der Waals surface area contributed by atoms with E-state index >= 15 is 0 Å². The van der Waals surface area contributed by atoms with Gasteiger partial charge in [0.15, 0.2) is 0 Å². The van der Waals surface area contributed by atoms with Gasteiger partial charge in [-0.25, -0.2) is 0 Å². The Labute approximate surface area is 134 Å². The smallest absolute Gasteiger partial charge is 0.00411 e. The first-order chi connectivity index (χ1) is 9.91. The van der Waals surface area contributed by atoms with E-state index in [2.05, 4.69) is 57.5 Å².